The Bertz CT molecular complexity index is 476. The molecule has 3 aliphatic rings. The molecule has 0 bridgehead atoms. The van der Waals surface area contributed by atoms with Gasteiger partial charge in [0.1, 0.15) is 0 Å². The van der Waals surface area contributed by atoms with Gasteiger partial charge in [-0.05, 0) is 25.7 Å². The fourth-order valence-corrected chi connectivity index (χ4v) is 4.19. The number of carbonyl (C=O) groups is 1. The van der Waals surface area contributed by atoms with Crippen LogP contribution >= 0.6 is 0 Å². The quantitative estimate of drug-likeness (QED) is 0.750. The first-order valence-corrected chi connectivity index (χ1v) is 9.01. The van der Waals surface area contributed by atoms with Crippen molar-refractivity contribution >= 4 is 5.91 Å². The van der Waals surface area contributed by atoms with E-state index in [1.165, 1.54) is 0 Å². The lowest BCUT2D eigenvalue weighted by Gasteiger charge is -2.42. The van der Waals surface area contributed by atoms with Gasteiger partial charge in [-0.3, -0.25) is 9.69 Å². The summed E-state index contributed by atoms with van der Waals surface area (Å²) in [5, 5.41) is 0. The van der Waals surface area contributed by atoms with Crippen LogP contribution in [0, 0.1) is 11.3 Å². The molecule has 0 radical (unpaired) electrons. The molecule has 0 aromatic heterocycles. The number of fused-ring (bicyclic) bond motifs is 1. The Hall–Kier alpha value is -1.13. The third kappa shape index (κ3) is 3.69. The molecule has 0 aromatic carbocycles. The van der Waals surface area contributed by atoms with E-state index in [4.69, 9.17) is 4.74 Å². The van der Waals surface area contributed by atoms with Gasteiger partial charge in [-0.1, -0.05) is 25.2 Å². The third-order valence-corrected chi connectivity index (χ3v) is 5.72. The summed E-state index contributed by atoms with van der Waals surface area (Å²) in [4.78, 5) is 17.5. The van der Waals surface area contributed by atoms with Gasteiger partial charge in [0.2, 0.25) is 5.91 Å². The second-order valence-corrected chi connectivity index (χ2v) is 7.53. The molecule has 2 aliphatic heterocycles. The van der Waals surface area contributed by atoms with Crippen LogP contribution in [-0.2, 0) is 9.53 Å². The number of amides is 1. The number of piperidine rings is 1. The zero-order chi connectivity index (χ0) is 16.3. The summed E-state index contributed by atoms with van der Waals surface area (Å²) in [7, 11) is 0. The molecule has 0 spiro atoms. The molecule has 2 heterocycles. The first-order chi connectivity index (χ1) is 11.1. The minimum atomic E-state index is -0.207. The average Bonchev–Trinajstić information content (AvgIpc) is 2.76. The summed E-state index contributed by atoms with van der Waals surface area (Å²) >= 11 is 0. The molecule has 4 heteroatoms. The van der Waals surface area contributed by atoms with E-state index in [1.807, 2.05) is 6.08 Å². The van der Waals surface area contributed by atoms with Crippen LogP contribution in [0.25, 0.3) is 0 Å². The van der Waals surface area contributed by atoms with Gasteiger partial charge in [0.25, 0.3) is 0 Å². The summed E-state index contributed by atoms with van der Waals surface area (Å²) in [5.41, 5.74) is -0.207. The molecular formula is C19H30N2O2. The van der Waals surface area contributed by atoms with Gasteiger partial charge < -0.3 is 9.64 Å². The van der Waals surface area contributed by atoms with Gasteiger partial charge in [0.05, 0.1) is 18.1 Å². The van der Waals surface area contributed by atoms with Crippen LogP contribution in [0.3, 0.4) is 0 Å². The van der Waals surface area contributed by atoms with Crippen LogP contribution < -0.4 is 0 Å². The molecule has 1 amide bonds. The van der Waals surface area contributed by atoms with Gasteiger partial charge in [0.15, 0.2) is 0 Å². The molecule has 3 atom stereocenters. The van der Waals surface area contributed by atoms with Crippen molar-refractivity contribution in [2.75, 3.05) is 39.3 Å². The molecule has 23 heavy (non-hydrogen) atoms. The van der Waals surface area contributed by atoms with E-state index in [1.54, 1.807) is 0 Å². The Kier molecular flexibility index (Phi) is 5.22. The average molecular weight is 318 g/mol. The van der Waals surface area contributed by atoms with Crippen molar-refractivity contribution in [1.82, 2.24) is 9.80 Å². The fourth-order valence-electron chi connectivity index (χ4n) is 4.19. The van der Waals surface area contributed by atoms with Gasteiger partial charge in [-0.25, -0.2) is 0 Å². The van der Waals surface area contributed by atoms with E-state index in [9.17, 15) is 4.79 Å². The predicted molar refractivity (Wildman–Crippen MR) is 92.2 cm³/mol. The Labute approximate surface area is 140 Å². The van der Waals surface area contributed by atoms with Crippen molar-refractivity contribution in [3.8, 4) is 0 Å². The predicted octanol–water partition coefficient (Wildman–Crippen LogP) is 2.47. The first kappa shape index (κ1) is 16.7. The van der Waals surface area contributed by atoms with Crippen molar-refractivity contribution in [3.05, 3.63) is 24.8 Å². The summed E-state index contributed by atoms with van der Waals surface area (Å²) in [5.74, 6) is 0.872. The van der Waals surface area contributed by atoms with Crippen LogP contribution in [-0.4, -0.2) is 61.1 Å². The van der Waals surface area contributed by atoms with Gasteiger partial charge in [0, 0.05) is 38.6 Å². The first-order valence-electron chi connectivity index (χ1n) is 9.01. The zero-order valence-corrected chi connectivity index (χ0v) is 14.4. The van der Waals surface area contributed by atoms with E-state index in [2.05, 4.69) is 35.5 Å². The molecule has 4 nitrogen and oxygen atoms in total. The highest BCUT2D eigenvalue weighted by Crippen LogP contribution is 2.36. The minimum absolute atomic E-state index is 0.199. The van der Waals surface area contributed by atoms with E-state index in [0.717, 1.165) is 65.0 Å². The number of ether oxygens (including phenoxy) is 1. The van der Waals surface area contributed by atoms with E-state index in [-0.39, 0.29) is 11.5 Å². The normalized spacial score (nSPS) is 35.4. The SMILES string of the molecule is C=CCN1CCOC2CN(C(=O)C3(C)CC=CCC3)CCC2C1. The number of hydrogen-bond acceptors (Lipinski definition) is 3. The third-order valence-electron chi connectivity index (χ3n) is 5.72. The highest BCUT2D eigenvalue weighted by atomic mass is 16.5. The second-order valence-electron chi connectivity index (χ2n) is 7.53. The Morgan fingerprint density at radius 2 is 2.26 bits per heavy atom. The Morgan fingerprint density at radius 1 is 1.39 bits per heavy atom. The summed E-state index contributed by atoms with van der Waals surface area (Å²) < 4.78 is 6.10. The molecule has 0 N–H and O–H groups in total. The van der Waals surface area contributed by atoms with E-state index < -0.39 is 0 Å². The number of allylic oxidation sites excluding steroid dienone is 2. The van der Waals surface area contributed by atoms with Gasteiger partial charge >= 0.3 is 0 Å². The van der Waals surface area contributed by atoms with Crippen molar-refractivity contribution in [1.29, 1.82) is 0 Å². The molecule has 2 fully saturated rings. The number of carbonyl (C=O) groups excluding carboxylic acids is 1. The maximum atomic E-state index is 13.0. The molecule has 0 aromatic rings. The Morgan fingerprint density at radius 3 is 3.00 bits per heavy atom. The van der Waals surface area contributed by atoms with Crippen molar-refractivity contribution in [3.63, 3.8) is 0 Å². The number of nitrogens with zero attached hydrogens (tertiary/aromatic N) is 2. The van der Waals surface area contributed by atoms with Crippen molar-refractivity contribution in [2.45, 2.75) is 38.7 Å². The minimum Gasteiger partial charge on any atom is -0.375 e. The Balaban J connectivity index is 1.62. The standard InChI is InChI=1S/C19H30N2O2/c1-3-10-20-12-13-23-17-15-21(11-7-16(17)14-20)18(22)19(2)8-5-4-6-9-19/h3-5,16-17H,1,6-15H2,2H3. The number of hydrogen-bond donors (Lipinski definition) is 0. The fraction of sp³-hybridized carbons (Fsp3) is 0.737. The van der Waals surface area contributed by atoms with Gasteiger partial charge in [-0.2, -0.15) is 0 Å². The maximum absolute atomic E-state index is 13.0. The van der Waals surface area contributed by atoms with E-state index in [0.29, 0.717) is 11.8 Å². The largest absolute Gasteiger partial charge is 0.375 e. The zero-order valence-electron chi connectivity index (χ0n) is 14.4. The highest BCUT2D eigenvalue weighted by Gasteiger charge is 2.41. The van der Waals surface area contributed by atoms with Crippen LogP contribution in [0.15, 0.2) is 24.8 Å². The highest BCUT2D eigenvalue weighted by molar-refractivity contribution is 5.83. The van der Waals surface area contributed by atoms with Crippen LogP contribution in [0.2, 0.25) is 0 Å². The van der Waals surface area contributed by atoms with Crippen molar-refractivity contribution in [2.24, 2.45) is 11.3 Å². The second kappa shape index (κ2) is 7.18. The van der Waals surface area contributed by atoms with Crippen LogP contribution in [0.1, 0.15) is 32.6 Å². The monoisotopic (exact) mass is 318 g/mol. The van der Waals surface area contributed by atoms with Gasteiger partial charge in [-0.15, -0.1) is 6.58 Å². The van der Waals surface area contributed by atoms with E-state index >= 15 is 0 Å². The lowest BCUT2D eigenvalue weighted by molar-refractivity contribution is -0.147. The maximum Gasteiger partial charge on any atom is 0.228 e. The molecule has 3 unspecified atom stereocenters. The van der Waals surface area contributed by atoms with Crippen LogP contribution in [0.4, 0.5) is 0 Å². The topological polar surface area (TPSA) is 32.8 Å². The molecule has 3 rings (SSSR count). The number of rotatable bonds is 3. The van der Waals surface area contributed by atoms with Crippen molar-refractivity contribution < 1.29 is 9.53 Å². The lowest BCUT2D eigenvalue weighted by atomic mass is 9.77. The molecule has 128 valence electrons. The lowest BCUT2D eigenvalue weighted by Crippen LogP contribution is -2.53. The number of likely N-dealkylation sites (tertiary alicyclic amines) is 1. The summed E-state index contributed by atoms with van der Waals surface area (Å²) in [6, 6.07) is 0. The molecule has 1 aliphatic carbocycles. The molecule has 2 saturated heterocycles. The summed E-state index contributed by atoms with van der Waals surface area (Å²) in [6.45, 7) is 11.3. The summed E-state index contributed by atoms with van der Waals surface area (Å²) in [6.07, 6.45) is 10.5. The smallest absolute Gasteiger partial charge is 0.228 e. The van der Waals surface area contributed by atoms with Crippen LogP contribution in [0.5, 0.6) is 0 Å². The molecule has 0 saturated carbocycles. The molecular weight excluding hydrogens is 288 g/mol.